The zero-order valence-electron chi connectivity index (χ0n) is 19.1. The Morgan fingerprint density at radius 2 is 1.73 bits per heavy atom. The number of nitrogens with zero attached hydrogens (tertiary/aromatic N) is 2. The normalized spacial score (nSPS) is 21.8. The predicted molar refractivity (Wildman–Crippen MR) is 143 cm³/mol. The zero-order valence-corrected chi connectivity index (χ0v) is 21.5. The number of fused-ring (bicyclic) bond motifs is 2. The molecular formula is C26H28N3OS3+. The van der Waals surface area contributed by atoms with Gasteiger partial charge in [0.2, 0.25) is 0 Å². The molecule has 2 aliphatic heterocycles. The van der Waals surface area contributed by atoms with Crippen molar-refractivity contribution in [2.75, 3.05) is 18.0 Å². The summed E-state index contributed by atoms with van der Waals surface area (Å²) in [5.41, 5.74) is 2.71. The van der Waals surface area contributed by atoms with Crippen LogP contribution in [0.2, 0.25) is 0 Å². The molecule has 0 radical (unpaired) electrons. The molecule has 0 amide bonds. The van der Waals surface area contributed by atoms with Gasteiger partial charge in [-0.05, 0) is 51.1 Å². The van der Waals surface area contributed by atoms with E-state index < -0.39 is 0 Å². The number of thiazole rings is 1. The van der Waals surface area contributed by atoms with Gasteiger partial charge >= 0.3 is 0 Å². The topological polar surface area (TPSA) is 29.7 Å². The van der Waals surface area contributed by atoms with Crippen LogP contribution in [0.1, 0.15) is 20.8 Å². The number of para-hydroxylation sites is 2. The van der Waals surface area contributed by atoms with Gasteiger partial charge in [-0.1, -0.05) is 47.8 Å². The highest BCUT2D eigenvalue weighted by Gasteiger charge is 2.32. The van der Waals surface area contributed by atoms with Crippen LogP contribution in [-0.2, 0) is 6.54 Å². The number of hydrogen-bond acceptors (Lipinski definition) is 5. The molecule has 2 aliphatic rings. The Balaban J connectivity index is 1.52. The first-order valence-corrected chi connectivity index (χ1v) is 14.0. The SMILES string of the molecule is CCN1/C(=C\C=c2/s/c(=C\C3Sc4ccccc4[NH+]3CC)n(CC)c2=O)Sc2ccccc21. The minimum atomic E-state index is 0.104. The summed E-state index contributed by atoms with van der Waals surface area (Å²) in [4.78, 5) is 19.6. The molecule has 0 fully saturated rings. The fourth-order valence-corrected chi connectivity index (χ4v) is 8.16. The van der Waals surface area contributed by atoms with Gasteiger partial charge in [-0.2, -0.15) is 0 Å². The number of aromatic nitrogens is 1. The van der Waals surface area contributed by atoms with Gasteiger partial charge in [0.25, 0.3) is 5.56 Å². The first-order chi connectivity index (χ1) is 16.1. The number of nitrogens with one attached hydrogen (secondary N) is 1. The molecule has 0 aliphatic carbocycles. The Kier molecular flexibility index (Phi) is 6.56. The van der Waals surface area contributed by atoms with Crippen molar-refractivity contribution in [3.63, 3.8) is 0 Å². The Morgan fingerprint density at radius 1 is 0.970 bits per heavy atom. The van der Waals surface area contributed by atoms with Crippen LogP contribution in [0.5, 0.6) is 0 Å². The van der Waals surface area contributed by atoms with Gasteiger partial charge in [-0.3, -0.25) is 14.3 Å². The fraction of sp³-hybridized carbons (Fsp3) is 0.269. The highest BCUT2D eigenvalue weighted by atomic mass is 32.2. The molecule has 0 saturated heterocycles. The van der Waals surface area contributed by atoms with E-state index >= 15 is 0 Å². The fourth-order valence-electron chi connectivity index (χ4n) is 4.47. The van der Waals surface area contributed by atoms with Crippen LogP contribution in [0, 0.1) is 0 Å². The largest absolute Gasteiger partial charge is 0.335 e. The van der Waals surface area contributed by atoms with Gasteiger partial charge < -0.3 is 4.90 Å². The van der Waals surface area contributed by atoms with Crippen LogP contribution in [-0.4, -0.2) is 23.0 Å². The van der Waals surface area contributed by atoms with Crippen LogP contribution < -0.4 is 24.6 Å². The van der Waals surface area contributed by atoms with Crippen LogP contribution in [0.25, 0.3) is 12.2 Å². The summed E-state index contributed by atoms with van der Waals surface area (Å²) in [5.74, 6) is 0. The lowest BCUT2D eigenvalue weighted by atomic mass is 10.3. The smallest absolute Gasteiger partial charge is 0.269 e. The van der Waals surface area contributed by atoms with E-state index in [1.807, 2.05) is 22.4 Å². The van der Waals surface area contributed by atoms with Gasteiger partial charge in [-0.15, -0.1) is 11.3 Å². The molecule has 7 heteroatoms. The summed E-state index contributed by atoms with van der Waals surface area (Å²) < 4.78 is 3.76. The lowest BCUT2D eigenvalue weighted by molar-refractivity contribution is -0.830. The van der Waals surface area contributed by atoms with Crippen LogP contribution in [0.4, 0.5) is 11.4 Å². The number of thioether (sulfide) groups is 2. The van der Waals surface area contributed by atoms with E-state index in [2.05, 4.69) is 86.4 Å². The Hall–Kier alpha value is -2.19. The maximum absolute atomic E-state index is 13.2. The van der Waals surface area contributed by atoms with Gasteiger partial charge in [0, 0.05) is 30.1 Å². The van der Waals surface area contributed by atoms with Crippen molar-refractivity contribution in [2.45, 2.75) is 42.5 Å². The van der Waals surface area contributed by atoms with Crippen molar-refractivity contribution >= 4 is 58.4 Å². The molecule has 1 aromatic heterocycles. The first kappa shape index (κ1) is 22.6. The summed E-state index contributed by atoms with van der Waals surface area (Å²) in [6.07, 6.45) is 6.41. The minimum absolute atomic E-state index is 0.104. The molecule has 0 spiro atoms. The lowest BCUT2D eigenvalue weighted by Crippen LogP contribution is -3.08. The maximum atomic E-state index is 13.2. The van der Waals surface area contributed by atoms with E-state index in [1.54, 1.807) is 23.1 Å². The number of quaternary nitrogens is 1. The van der Waals surface area contributed by atoms with Crippen molar-refractivity contribution in [1.29, 1.82) is 0 Å². The van der Waals surface area contributed by atoms with Crippen molar-refractivity contribution in [1.82, 2.24) is 4.57 Å². The van der Waals surface area contributed by atoms with E-state index in [0.717, 1.165) is 22.3 Å². The van der Waals surface area contributed by atoms with Gasteiger partial charge in [0.15, 0.2) is 5.37 Å². The molecule has 2 atom stereocenters. The number of rotatable bonds is 5. The van der Waals surface area contributed by atoms with Gasteiger partial charge in [0.1, 0.15) is 10.4 Å². The molecular weight excluding hydrogens is 467 g/mol. The van der Waals surface area contributed by atoms with E-state index in [1.165, 1.54) is 31.1 Å². The molecule has 2 unspecified atom stereocenters. The van der Waals surface area contributed by atoms with Gasteiger partial charge in [0.05, 0.1) is 26.7 Å². The predicted octanol–water partition coefficient (Wildman–Crippen LogP) is 3.63. The molecule has 4 nitrogen and oxygen atoms in total. The molecule has 3 aromatic rings. The summed E-state index contributed by atoms with van der Waals surface area (Å²) in [6, 6.07) is 17.1. The Morgan fingerprint density at radius 3 is 2.48 bits per heavy atom. The average Bonchev–Trinajstić information content (AvgIpc) is 3.47. The van der Waals surface area contributed by atoms with Crippen molar-refractivity contribution in [3.05, 3.63) is 79.2 Å². The van der Waals surface area contributed by atoms with Crippen molar-refractivity contribution in [3.8, 4) is 0 Å². The third kappa shape index (κ3) is 4.12. The monoisotopic (exact) mass is 494 g/mol. The third-order valence-electron chi connectivity index (χ3n) is 6.09. The van der Waals surface area contributed by atoms with Crippen molar-refractivity contribution in [2.24, 2.45) is 0 Å². The molecule has 2 aromatic carbocycles. The number of benzene rings is 2. The van der Waals surface area contributed by atoms with Crippen LogP contribution >= 0.6 is 34.9 Å². The van der Waals surface area contributed by atoms with E-state index in [-0.39, 0.29) is 10.9 Å². The van der Waals surface area contributed by atoms with Gasteiger partial charge in [-0.25, -0.2) is 0 Å². The molecule has 5 rings (SSSR count). The first-order valence-electron chi connectivity index (χ1n) is 11.4. The molecule has 1 N–H and O–H groups in total. The number of hydrogen-bond donors (Lipinski definition) is 1. The van der Waals surface area contributed by atoms with Crippen molar-refractivity contribution < 1.29 is 4.90 Å². The molecule has 170 valence electrons. The second-order valence-corrected chi connectivity index (χ2v) is 11.2. The average molecular weight is 495 g/mol. The van der Waals surface area contributed by atoms with E-state index in [9.17, 15) is 4.79 Å². The van der Waals surface area contributed by atoms with E-state index in [4.69, 9.17) is 0 Å². The molecule has 33 heavy (non-hydrogen) atoms. The second-order valence-electron chi connectivity index (χ2n) is 7.92. The number of allylic oxidation sites excluding steroid dienone is 1. The lowest BCUT2D eigenvalue weighted by Gasteiger charge is -2.17. The minimum Gasteiger partial charge on any atom is -0.335 e. The summed E-state index contributed by atoms with van der Waals surface area (Å²) in [5, 5.41) is 1.45. The highest BCUT2D eigenvalue weighted by molar-refractivity contribution is 8.03. The van der Waals surface area contributed by atoms with Crippen LogP contribution in [0.3, 0.4) is 0 Å². The molecule has 3 heterocycles. The highest BCUT2D eigenvalue weighted by Crippen LogP contribution is 2.45. The number of anilines is 1. The Labute approximate surface area is 206 Å². The summed E-state index contributed by atoms with van der Waals surface area (Å²) in [7, 11) is 0. The maximum Gasteiger partial charge on any atom is 0.269 e. The standard InChI is InChI=1S/C26H27N3OS3/c1-4-27-18-11-7-9-13-20(18)31-23(27)16-15-22-26(30)29(6-3)25(33-22)17-24-28(5-2)19-12-8-10-14-21(19)32-24/h7-17,24H,4-6H2,1-3H3/p+1/b22-15-,23-16+,25-17-. The Bertz CT molecular complexity index is 1390. The summed E-state index contributed by atoms with van der Waals surface area (Å²) >= 11 is 5.27. The van der Waals surface area contributed by atoms with E-state index in [0.29, 0.717) is 6.54 Å². The van der Waals surface area contributed by atoms with Crippen LogP contribution in [0.15, 0.2) is 74.2 Å². The quantitative estimate of drug-likeness (QED) is 0.587. The second kappa shape index (κ2) is 9.58. The third-order valence-corrected chi connectivity index (χ3v) is 9.60. The molecule has 0 bridgehead atoms. The summed E-state index contributed by atoms with van der Waals surface area (Å²) in [6.45, 7) is 9.04. The zero-order chi connectivity index (χ0) is 22.9. The molecule has 0 saturated carbocycles.